The van der Waals surface area contributed by atoms with Crippen molar-refractivity contribution >= 4 is 55.9 Å². The van der Waals surface area contributed by atoms with Crippen molar-refractivity contribution in [2.45, 2.75) is 12.8 Å². The number of carbonyl (C=O) groups is 1. The number of hydrogen-bond donors (Lipinski definition) is 3. The Kier molecular flexibility index (Phi) is 6.09. The number of amides is 1. The standard InChI is InChI=1S/C19H15BrCl2N2O3/c20-11-4-6-15-12(9-11)16(17(25)19(27)24-15)18(26)23-7-1-2-10-3-5-13(21)14(22)8-10/h3-6,8-9,25H,1-2,7H2,(H,23,26)(H,24,27). The molecule has 0 spiro atoms. The Hall–Kier alpha value is -2.02. The molecule has 27 heavy (non-hydrogen) atoms. The monoisotopic (exact) mass is 468 g/mol. The van der Waals surface area contributed by atoms with Crippen molar-refractivity contribution in [2.24, 2.45) is 0 Å². The highest BCUT2D eigenvalue weighted by Crippen LogP contribution is 2.26. The van der Waals surface area contributed by atoms with Crippen molar-refractivity contribution in [3.8, 4) is 5.75 Å². The van der Waals surface area contributed by atoms with Gasteiger partial charge in [-0.05, 0) is 48.7 Å². The van der Waals surface area contributed by atoms with Gasteiger partial charge in [-0.3, -0.25) is 9.59 Å². The van der Waals surface area contributed by atoms with Gasteiger partial charge in [-0.2, -0.15) is 0 Å². The lowest BCUT2D eigenvalue weighted by molar-refractivity contribution is 0.0952. The third-order valence-electron chi connectivity index (χ3n) is 4.09. The second kappa shape index (κ2) is 8.33. The van der Waals surface area contributed by atoms with Gasteiger partial charge in [-0.15, -0.1) is 0 Å². The number of benzene rings is 2. The highest BCUT2D eigenvalue weighted by Gasteiger charge is 2.18. The van der Waals surface area contributed by atoms with Crippen LogP contribution in [0.15, 0.2) is 45.7 Å². The first kappa shape index (κ1) is 19.7. The molecular formula is C19H15BrCl2N2O3. The van der Waals surface area contributed by atoms with Crippen LogP contribution >= 0.6 is 39.1 Å². The van der Waals surface area contributed by atoms with Crippen molar-refractivity contribution in [3.63, 3.8) is 0 Å². The van der Waals surface area contributed by atoms with Crippen LogP contribution in [-0.4, -0.2) is 22.5 Å². The summed E-state index contributed by atoms with van der Waals surface area (Å²) in [5, 5.41) is 14.3. The molecule has 1 aromatic heterocycles. The largest absolute Gasteiger partial charge is 0.502 e. The maximum absolute atomic E-state index is 12.6. The first-order chi connectivity index (χ1) is 12.9. The van der Waals surface area contributed by atoms with Gasteiger partial charge in [-0.25, -0.2) is 0 Å². The number of rotatable bonds is 5. The Morgan fingerprint density at radius 3 is 2.67 bits per heavy atom. The van der Waals surface area contributed by atoms with Gasteiger partial charge in [0, 0.05) is 21.9 Å². The lowest BCUT2D eigenvalue weighted by Gasteiger charge is -2.10. The summed E-state index contributed by atoms with van der Waals surface area (Å²) in [6.45, 7) is 0.376. The SMILES string of the molecule is O=C(NCCCc1ccc(Cl)c(Cl)c1)c1c(O)c(=O)[nH]c2ccc(Br)cc12. The zero-order valence-corrected chi connectivity index (χ0v) is 17.1. The Balaban J connectivity index is 1.72. The number of nitrogens with one attached hydrogen (secondary N) is 2. The lowest BCUT2D eigenvalue weighted by Crippen LogP contribution is -2.26. The summed E-state index contributed by atoms with van der Waals surface area (Å²) in [5.74, 6) is -1.10. The summed E-state index contributed by atoms with van der Waals surface area (Å²) in [6, 6.07) is 10.5. The number of aromatic amines is 1. The second-order valence-electron chi connectivity index (χ2n) is 5.98. The molecule has 2 aromatic carbocycles. The molecule has 0 aliphatic carbocycles. The fourth-order valence-electron chi connectivity index (χ4n) is 2.76. The van der Waals surface area contributed by atoms with E-state index in [1.807, 2.05) is 6.07 Å². The molecule has 5 nitrogen and oxygen atoms in total. The third-order valence-corrected chi connectivity index (χ3v) is 5.32. The molecule has 0 bridgehead atoms. The van der Waals surface area contributed by atoms with Gasteiger partial charge in [0.05, 0.1) is 15.6 Å². The predicted molar refractivity (Wildman–Crippen MR) is 111 cm³/mol. The smallest absolute Gasteiger partial charge is 0.291 e. The average Bonchev–Trinajstić information content (AvgIpc) is 2.63. The van der Waals surface area contributed by atoms with Crippen molar-refractivity contribution < 1.29 is 9.90 Å². The van der Waals surface area contributed by atoms with Gasteiger partial charge in [0.1, 0.15) is 0 Å². The minimum absolute atomic E-state index is 0.0374. The van der Waals surface area contributed by atoms with Gasteiger partial charge in [-0.1, -0.05) is 45.2 Å². The molecule has 140 valence electrons. The molecule has 0 saturated carbocycles. The topological polar surface area (TPSA) is 82.2 Å². The summed E-state index contributed by atoms with van der Waals surface area (Å²) < 4.78 is 0.732. The minimum atomic E-state index is -0.703. The number of halogens is 3. The van der Waals surface area contributed by atoms with E-state index in [1.165, 1.54) is 0 Å². The molecule has 0 aliphatic heterocycles. The van der Waals surface area contributed by atoms with Gasteiger partial charge in [0.25, 0.3) is 11.5 Å². The van der Waals surface area contributed by atoms with Gasteiger partial charge < -0.3 is 15.4 Å². The normalized spacial score (nSPS) is 10.9. The van der Waals surface area contributed by atoms with Crippen LogP contribution in [0, 0.1) is 0 Å². The minimum Gasteiger partial charge on any atom is -0.502 e. The molecule has 8 heteroatoms. The molecule has 3 N–H and O–H groups in total. The van der Waals surface area contributed by atoms with Crippen molar-refractivity contribution in [1.29, 1.82) is 0 Å². The molecule has 0 aliphatic rings. The van der Waals surface area contributed by atoms with Crippen LogP contribution in [0.3, 0.4) is 0 Å². The summed E-state index contributed by atoms with van der Waals surface area (Å²) in [5.41, 5.74) is 0.740. The molecule has 0 atom stereocenters. The zero-order chi connectivity index (χ0) is 19.6. The van der Waals surface area contributed by atoms with E-state index in [9.17, 15) is 14.7 Å². The van der Waals surface area contributed by atoms with Crippen molar-refractivity contribution in [3.05, 3.63) is 72.4 Å². The van der Waals surface area contributed by atoms with Crippen LogP contribution in [-0.2, 0) is 6.42 Å². The second-order valence-corrected chi connectivity index (χ2v) is 7.71. The molecule has 1 heterocycles. The average molecular weight is 470 g/mol. The van der Waals surface area contributed by atoms with Gasteiger partial charge in [0.15, 0.2) is 5.75 Å². The van der Waals surface area contributed by atoms with Crippen LogP contribution in [0.1, 0.15) is 22.3 Å². The molecule has 0 fully saturated rings. The van der Waals surface area contributed by atoms with E-state index >= 15 is 0 Å². The van der Waals surface area contributed by atoms with E-state index < -0.39 is 17.2 Å². The predicted octanol–water partition coefficient (Wildman–Crippen LogP) is 4.67. The number of aromatic nitrogens is 1. The summed E-state index contributed by atoms with van der Waals surface area (Å²) in [4.78, 5) is 27.0. The van der Waals surface area contributed by atoms with Crippen LogP contribution in [0.4, 0.5) is 0 Å². The molecular weight excluding hydrogens is 455 g/mol. The van der Waals surface area contributed by atoms with Crippen LogP contribution in [0.5, 0.6) is 5.75 Å². The molecule has 0 saturated heterocycles. The molecule has 3 aromatic rings. The van der Waals surface area contributed by atoms with E-state index in [0.717, 1.165) is 10.0 Å². The quantitative estimate of drug-likeness (QED) is 0.475. The highest BCUT2D eigenvalue weighted by molar-refractivity contribution is 9.10. The van der Waals surface area contributed by atoms with E-state index in [-0.39, 0.29) is 5.56 Å². The summed E-state index contributed by atoms with van der Waals surface area (Å²) in [7, 11) is 0. The van der Waals surface area contributed by atoms with E-state index in [0.29, 0.717) is 40.3 Å². The van der Waals surface area contributed by atoms with Crippen LogP contribution < -0.4 is 10.9 Å². The number of aryl methyl sites for hydroxylation is 1. The number of H-pyrrole nitrogens is 1. The zero-order valence-electron chi connectivity index (χ0n) is 14.0. The fraction of sp³-hybridized carbons (Fsp3) is 0.158. The lowest BCUT2D eigenvalue weighted by atomic mass is 10.1. The number of pyridine rings is 1. The van der Waals surface area contributed by atoms with Crippen molar-refractivity contribution in [2.75, 3.05) is 6.54 Å². The number of hydrogen-bond acceptors (Lipinski definition) is 3. The van der Waals surface area contributed by atoms with Crippen LogP contribution in [0.2, 0.25) is 10.0 Å². The van der Waals surface area contributed by atoms with Gasteiger partial charge in [0.2, 0.25) is 0 Å². The van der Waals surface area contributed by atoms with Crippen molar-refractivity contribution in [1.82, 2.24) is 10.3 Å². The Bertz CT molecular complexity index is 1080. The first-order valence-corrected chi connectivity index (χ1v) is 9.68. The summed E-state index contributed by atoms with van der Waals surface area (Å²) in [6.07, 6.45) is 1.36. The number of aromatic hydroxyl groups is 1. The molecule has 3 rings (SSSR count). The van der Waals surface area contributed by atoms with E-state index in [4.69, 9.17) is 23.2 Å². The Labute approximate surface area is 173 Å². The van der Waals surface area contributed by atoms with Gasteiger partial charge >= 0.3 is 0 Å². The first-order valence-electron chi connectivity index (χ1n) is 8.13. The Morgan fingerprint density at radius 1 is 1.15 bits per heavy atom. The number of fused-ring (bicyclic) bond motifs is 1. The molecule has 0 radical (unpaired) electrons. The highest BCUT2D eigenvalue weighted by atomic mass is 79.9. The van der Waals surface area contributed by atoms with Crippen LogP contribution in [0.25, 0.3) is 10.9 Å². The maximum atomic E-state index is 12.6. The fourth-order valence-corrected chi connectivity index (χ4v) is 3.44. The van der Waals surface area contributed by atoms with E-state index in [1.54, 1.807) is 30.3 Å². The summed E-state index contributed by atoms with van der Waals surface area (Å²) >= 11 is 15.2. The molecule has 1 amide bonds. The molecule has 0 unspecified atom stereocenters. The van der Waals surface area contributed by atoms with E-state index in [2.05, 4.69) is 26.2 Å². The maximum Gasteiger partial charge on any atom is 0.291 e. The Morgan fingerprint density at radius 2 is 1.93 bits per heavy atom. The third kappa shape index (κ3) is 4.46. The number of carbonyl (C=O) groups excluding carboxylic acids is 1.